The van der Waals surface area contributed by atoms with Gasteiger partial charge in [0.15, 0.2) is 5.78 Å². The number of rotatable bonds is 6. The molecular weight excluding hydrogens is 260 g/mol. The van der Waals surface area contributed by atoms with Crippen LogP contribution in [0, 0.1) is 0 Å². The molecule has 2 rings (SSSR count). The van der Waals surface area contributed by atoms with Crippen molar-refractivity contribution < 1.29 is 4.79 Å². The van der Waals surface area contributed by atoms with E-state index in [9.17, 15) is 4.79 Å². The van der Waals surface area contributed by atoms with Crippen LogP contribution in [0.3, 0.4) is 0 Å². The van der Waals surface area contributed by atoms with Crippen LogP contribution in [0.25, 0.3) is 0 Å². The number of carbonyl (C=O) groups excluding carboxylic acids is 1. The number of allylic oxidation sites excluding steroid dienone is 2. The van der Waals surface area contributed by atoms with Crippen LogP contribution in [0.5, 0.6) is 0 Å². The van der Waals surface area contributed by atoms with E-state index in [1.165, 1.54) is 5.56 Å². The Morgan fingerprint density at radius 3 is 2.14 bits per heavy atom. The van der Waals surface area contributed by atoms with E-state index in [-0.39, 0.29) is 5.78 Å². The highest BCUT2D eigenvalue weighted by Gasteiger charge is 2.06. The summed E-state index contributed by atoms with van der Waals surface area (Å²) in [6.45, 7) is 0. The molecule has 108 valence electrons. The molecule has 0 saturated heterocycles. The van der Waals surface area contributed by atoms with E-state index in [4.69, 9.17) is 0 Å². The topological polar surface area (TPSA) is 32.3 Å². The summed E-state index contributed by atoms with van der Waals surface area (Å²) in [5.74, 6) is 0.0101. The van der Waals surface area contributed by atoms with E-state index in [1.54, 1.807) is 6.08 Å². The monoisotopic (exact) mass is 280 g/mol. The maximum atomic E-state index is 12.3. The van der Waals surface area contributed by atoms with E-state index < -0.39 is 0 Å². The number of benzene rings is 2. The first-order chi connectivity index (χ1) is 10.1. The molecule has 0 saturated carbocycles. The molecular formula is C18H20N2O. The normalized spacial score (nSPS) is 11.5. The fourth-order valence-electron chi connectivity index (χ4n) is 2.07. The van der Waals surface area contributed by atoms with Gasteiger partial charge in [0.05, 0.1) is 0 Å². The summed E-state index contributed by atoms with van der Waals surface area (Å²) in [5.41, 5.74) is 5.94. The van der Waals surface area contributed by atoms with E-state index in [2.05, 4.69) is 17.6 Å². The third kappa shape index (κ3) is 4.89. The van der Waals surface area contributed by atoms with Crippen LogP contribution >= 0.6 is 0 Å². The van der Waals surface area contributed by atoms with Crippen molar-refractivity contribution in [2.45, 2.75) is 6.42 Å². The minimum atomic E-state index is 0.0101. The Balaban J connectivity index is 2.19. The van der Waals surface area contributed by atoms with Gasteiger partial charge in [-0.2, -0.15) is 0 Å². The quantitative estimate of drug-likeness (QED) is 0.501. The van der Waals surface area contributed by atoms with Crippen LogP contribution in [0.1, 0.15) is 15.9 Å². The molecule has 0 bridgehead atoms. The minimum Gasteiger partial charge on any atom is -0.323 e. The van der Waals surface area contributed by atoms with Gasteiger partial charge in [0, 0.05) is 37.9 Å². The van der Waals surface area contributed by atoms with E-state index in [0.29, 0.717) is 12.0 Å². The standard InChI is InChI=1S/C18H20N2O/c1-20(2)19-17(13-15-9-5-3-6-10-15)14-18(21)16-11-7-4-8-12-16/h3-12,14,19H,13H2,1-2H3/b17-14+. The summed E-state index contributed by atoms with van der Waals surface area (Å²) >= 11 is 0. The van der Waals surface area contributed by atoms with Crippen molar-refractivity contribution in [2.75, 3.05) is 14.1 Å². The van der Waals surface area contributed by atoms with Crippen molar-refractivity contribution >= 4 is 5.78 Å². The van der Waals surface area contributed by atoms with Gasteiger partial charge in [-0.3, -0.25) is 4.79 Å². The predicted octanol–water partition coefficient (Wildman–Crippen LogP) is 3.06. The summed E-state index contributed by atoms with van der Waals surface area (Å²) in [6, 6.07) is 19.4. The Hall–Kier alpha value is -2.39. The van der Waals surface area contributed by atoms with Crippen LogP contribution in [0.2, 0.25) is 0 Å². The second-order valence-corrected chi connectivity index (χ2v) is 5.07. The van der Waals surface area contributed by atoms with Gasteiger partial charge in [-0.1, -0.05) is 60.7 Å². The van der Waals surface area contributed by atoms with Crippen molar-refractivity contribution in [3.05, 3.63) is 83.6 Å². The largest absolute Gasteiger partial charge is 0.323 e. The second kappa shape index (κ2) is 7.41. The Morgan fingerprint density at radius 1 is 1.00 bits per heavy atom. The van der Waals surface area contributed by atoms with Crippen LogP contribution in [0.15, 0.2) is 72.4 Å². The van der Waals surface area contributed by atoms with Crippen molar-refractivity contribution in [1.29, 1.82) is 0 Å². The third-order valence-electron chi connectivity index (χ3n) is 2.97. The molecule has 0 aliphatic carbocycles. The van der Waals surface area contributed by atoms with E-state index >= 15 is 0 Å². The zero-order chi connectivity index (χ0) is 15.1. The van der Waals surface area contributed by atoms with Crippen molar-refractivity contribution in [1.82, 2.24) is 10.4 Å². The van der Waals surface area contributed by atoms with E-state index in [1.807, 2.05) is 67.6 Å². The molecule has 0 aliphatic rings. The predicted molar refractivity (Wildman–Crippen MR) is 85.8 cm³/mol. The van der Waals surface area contributed by atoms with Crippen LogP contribution in [0.4, 0.5) is 0 Å². The molecule has 3 heteroatoms. The molecule has 0 amide bonds. The Kier molecular flexibility index (Phi) is 5.29. The lowest BCUT2D eigenvalue weighted by Gasteiger charge is -2.17. The van der Waals surface area contributed by atoms with Gasteiger partial charge in [0.25, 0.3) is 0 Å². The highest BCUT2D eigenvalue weighted by atomic mass is 16.1. The van der Waals surface area contributed by atoms with Crippen LogP contribution in [-0.2, 0) is 6.42 Å². The maximum absolute atomic E-state index is 12.3. The first kappa shape index (κ1) is 15.0. The second-order valence-electron chi connectivity index (χ2n) is 5.07. The van der Waals surface area contributed by atoms with Crippen molar-refractivity contribution in [3.63, 3.8) is 0 Å². The van der Waals surface area contributed by atoms with Crippen molar-refractivity contribution in [2.24, 2.45) is 0 Å². The Bertz CT molecular complexity index is 604. The Labute approximate surface area is 125 Å². The summed E-state index contributed by atoms with van der Waals surface area (Å²) in [7, 11) is 3.82. The lowest BCUT2D eigenvalue weighted by molar-refractivity contribution is 0.104. The minimum absolute atomic E-state index is 0.0101. The van der Waals surface area contributed by atoms with Gasteiger partial charge in [-0.05, 0) is 5.56 Å². The maximum Gasteiger partial charge on any atom is 0.187 e. The molecule has 0 aliphatic heterocycles. The summed E-state index contributed by atoms with van der Waals surface area (Å²) < 4.78 is 0. The van der Waals surface area contributed by atoms with Gasteiger partial charge in [-0.25, -0.2) is 5.01 Å². The van der Waals surface area contributed by atoms with Gasteiger partial charge >= 0.3 is 0 Å². The van der Waals surface area contributed by atoms with Gasteiger partial charge < -0.3 is 5.43 Å². The molecule has 0 atom stereocenters. The van der Waals surface area contributed by atoms with Gasteiger partial charge in [0.1, 0.15) is 0 Å². The molecule has 2 aromatic carbocycles. The summed E-state index contributed by atoms with van der Waals surface area (Å²) in [4.78, 5) is 12.3. The molecule has 3 nitrogen and oxygen atoms in total. The molecule has 0 spiro atoms. The first-order valence-electron chi connectivity index (χ1n) is 6.93. The molecule has 0 unspecified atom stereocenters. The van der Waals surface area contributed by atoms with Crippen molar-refractivity contribution in [3.8, 4) is 0 Å². The molecule has 0 fully saturated rings. The number of hydrazine groups is 1. The highest BCUT2D eigenvalue weighted by Crippen LogP contribution is 2.08. The number of hydrogen-bond acceptors (Lipinski definition) is 3. The fraction of sp³-hybridized carbons (Fsp3) is 0.167. The number of carbonyl (C=O) groups is 1. The number of hydrogen-bond donors (Lipinski definition) is 1. The number of nitrogens with zero attached hydrogens (tertiary/aromatic N) is 1. The lowest BCUT2D eigenvalue weighted by atomic mass is 10.1. The third-order valence-corrected chi connectivity index (χ3v) is 2.97. The SMILES string of the molecule is CN(C)N/C(=C/C(=O)c1ccccc1)Cc1ccccc1. The first-order valence-corrected chi connectivity index (χ1v) is 6.93. The number of nitrogens with one attached hydrogen (secondary N) is 1. The molecule has 1 N–H and O–H groups in total. The lowest BCUT2D eigenvalue weighted by Crippen LogP contribution is -2.31. The molecule has 0 radical (unpaired) electrons. The van der Waals surface area contributed by atoms with Crippen LogP contribution in [-0.4, -0.2) is 24.9 Å². The molecule has 2 aromatic rings. The zero-order valence-corrected chi connectivity index (χ0v) is 12.4. The van der Waals surface area contributed by atoms with E-state index in [0.717, 1.165) is 5.70 Å². The van der Waals surface area contributed by atoms with Crippen LogP contribution < -0.4 is 5.43 Å². The van der Waals surface area contributed by atoms with Gasteiger partial charge in [-0.15, -0.1) is 0 Å². The molecule has 21 heavy (non-hydrogen) atoms. The average Bonchev–Trinajstić information content (AvgIpc) is 2.48. The zero-order valence-electron chi connectivity index (χ0n) is 12.4. The fourth-order valence-corrected chi connectivity index (χ4v) is 2.07. The highest BCUT2D eigenvalue weighted by molar-refractivity contribution is 6.04. The number of ketones is 1. The summed E-state index contributed by atoms with van der Waals surface area (Å²) in [5, 5.41) is 1.84. The Morgan fingerprint density at radius 2 is 1.57 bits per heavy atom. The smallest absolute Gasteiger partial charge is 0.187 e. The molecule has 0 heterocycles. The average molecular weight is 280 g/mol. The summed E-state index contributed by atoms with van der Waals surface area (Å²) in [6.07, 6.45) is 2.36. The van der Waals surface area contributed by atoms with Gasteiger partial charge in [0.2, 0.25) is 0 Å². The molecule has 0 aromatic heterocycles.